The van der Waals surface area contributed by atoms with Crippen LogP contribution in [0.3, 0.4) is 0 Å². The maximum atomic E-state index is 13.0. The summed E-state index contributed by atoms with van der Waals surface area (Å²) in [4.78, 5) is 13.3. The molecule has 6 nitrogen and oxygen atoms in total. The summed E-state index contributed by atoms with van der Waals surface area (Å²) in [6, 6.07) is 16.7. The number of anilines is 1. The van der Waals surface area contributed by atoms with Gasteiger partial charge in [0.25, 0.3) is 10.0 Å². The van der Waals surface area contributed by atoms with Gasteiger partial charge in [0.2, 0.25) is 0 Å². The SMILES string of the molecule is Cc1cc(S(=O)(=O)Nc2cccc(-c3ccc(CN4CC(C(=O)O)C4)c(C)c3)c2)c(C)cc1Cl. The molecule has 0 atom stereocenters. The number of nitrogens with zero attached hydrogens (tertiary/aromatic N) is 1. The summed E-state index contributed by atoms with van der Waals surface area (Å²) < 4.78 is 28.8. The molecule has 8 heteroatoms. The molecular formula is C26H27ClN2O4S. The smallest absolute Gasteiger partial charge is 0.309 e. The third-order valence-corrected chi connectivity index (χ3v) is 8.17. The summed E-state index contributed by atoms with van der Waals surface area (Å²) in [5, 5.41) is 9.59. The number of sulfonamides is 1. The van der Waals surface area contributed by atoms with Crippen molar-refractivity contribution < 1.29 is 18.3 Å². The van der Waals surface area contributed by atoms with Gasteiger partial charge in [-0.15, -0.1) is 0 Å². The summed E-state index contributed by atoms with van der Waals surface area (Å²) >= 11 is 6.13. The molecule has 2 N–H and O–H groups in total. The Morgan fingerprint density at radius 3 is 2.38 bits per heavy atom. The third kappa shape index (κ3) is 5.12. The van der Waals surface area contributed by atoms with E-state index in [-0.39, 0.29) is 10.8 Å². The number of carboxylic acid groups (broad SMARTS) is 1. The number of likely N-dealkylation sites (tertiary alicyclic amines) is 1. The van der Waals surface area contributed by atoms with Crippen LogP contribution in [-0.2, 0) is 21.4 Å². The monoisotopic (exact) mass is 498 g/mol. The average molecular weight is 499 g/mol. The topological polar surface area (TPSA) is 86.7 Å². The van der Waals surface area contributed by atoms with Crippen molar-refractivity contribution in [1.82, 2.24) is 4.90 Å². The Hall–Kier alpha value is -2.87. The largest absolute Gasteiger partial charge is 0.481 e. The van der Waals surface area contributed by atoms with E-state index in [9.17, 15) is 13.2 Å². The molecule has 4 rings (SSSR count). The maximum Gasteiger partial charge on any atom is 0.309 e. The fraction of sp³-hybridized carbons (Fsp3) is 0.269. The highest BCUT2D eigenvalue weighted by atomic mass is 35.5. The highest BCUT2D eigenvalue weighted by molar-refractivity contribution is 7.92. The Labute approximate surface area is 205 Å². The predicted molar refractivity (Wildman–Crippen MR) is 135 cm³/mol. The van der Waals surface area contributed by atoms with Crippen LogP contribution >= 0.6 is 11.6 Å². The molecule has 3 aromatic carbocycles. The lowest BCUT2D eigenvalue weighted by molar-refractivity contribution is -0.147. The first-order valence-electron chi connectivity index (χ1n) is 11.0. The second-order valence-corrected chi connectivity index (χ2v) is 11.0. The molecule has 1 aliphatic heterocycles. The fourth-order valence-electron chi connectivity index (χ4n) is 4.17. The van der Waals surface area contributed by atoms with E-state index >= 15 is 0 Å². The third-order valence-electron chi connectivity index (χ3n) is 6.24. The number of rotatable bonds is 7. The van der Waals surface area contributed by atoms with Gasteiger partial charge in [-0.05, 0) is 78.4 Å². The van der Waals surface area contributed by atoms with Gasteiger partial charge in [0.15, 0.2) is 0 Å². The normalized spacial score (nSPS) is 14.6. The van der Waals surface area contributed by atoms with E-state index in [2.05, 4.69) is 21.8 Å². The molecule has 0 spiro atoms. The Morgan fingerprint density at radius 2 is 1.71 bits per heavy atom. The summed E-state index contributed by atoms with van der Waals surface area (Å²) in [7, 11) is -3.77. The maximum absolute atomic E-state index is 13.0. The number of halogens is 1. The van der Waals surface area contributed by atoms with Crippen molar-refractivity contribution in [3.05, 3.63) is 81.9 Å². The number of benzene rings is 3. The van der Waals surface area contributed by atoms with Gasteiger partial charge in [0, 0.05) is 30.3 Å². The van der Waals surface area contributed by atoms with E-state index < -0.39 is 16.0 Å². The predicted octanol–water partition coefficient (Wildman–Crippen LogP) is 5.25. The van der Waals surface area contributed by atoms with E-state index in [0.29, 0.717) is 34.9 Å². The van der Waals surface area contributed by atoms with Crippen molar-refractivity contribution >= 4 is 33.3 Å². The molecule has 0 amide bonds. The second kappa shape index (κ2) is 9.41. The molecule has 0 bridgehead atoms. The molecule has 0 aliphatic carbocycles. The van der Waals surface area contributed by atoms with E-state index in [0.717, 1.165) is 28.8 Å². The molecule has 0 radical (unpaired) electrons. The number of hydrogen-bond donors (Lipinski definition) is 2. The number of carboxylic acids is 1. The number of nitrogens with one attached hydrogen (secondary N) is 1. The molecule has 3 aromatic rings. The minimum absolute atomic E-state index is 0.205. The minimum Gasteiger partial charge on any atom is -0.481 e. The van der Waals surface area contributed by atoms with Crippen molar-refractivity contribution in [2.45, 2.75) is 32.2 Å². The van der Waals surface area contributed by atoms with Crippen molar-refractivity contribution in [1.29, 1.82) is 0 Å². The van der Waals surface area contributed by atoms with Gasteiger partial charge >= 0.3 is 5.97 Å². The first kappa shape index (κ1) is 24.3. The summed E-state index contributed by atoms with van der Waals surface area (Å²) in [5.74, 6) is -1.01. The van der Waals surface area contributed by atoms with Crippen molar-refractivity contribution in [3.63, 3.8) is 0 Å². The van der Waals surface area contributed by atoms with Gasteiger partial charge < -0.3 is 5.11 Å². The molecule has 0 saturated carbocycles. The van der Waals surface area contributed by atoms with Crippen molar-refractivity contribution in [2.24, 2.45) is 5.92 Å². The van der Waals surface area contributed by atoms with Crippen LogP contribution in [0.15, 0.2) is 59.5 Å². The zero-order valence-electron chi connectivity index (χ0n) is 19.3. The van der Waals surface area contributed by atoms with Gasteiger partial charge in [0.1, 0.15) is 0 Å². The van der Waals surface area contributed by atoms with Gasteiger partial charge in [-0.25, -0.2) is 8.42 Å². The summed E-state index contributed by atoms with van der Waals surface area (Å²) in [6.07, 6.45) is 0. The number of carbonyl (C=O) groups is 1. The molecule has 0 aromatic heterocycles. The Balaban J connectivity index is 1.52. The highest BCUT2D eigenvalue weighted by Gasteiger charge is 2.32. The van der Waals surface area contributed by atoms with Gasteiger partial charge in [-0.1, -0.05) is 41.9 Å². The van der Waals surface area contributed by atoms with Crippen LogP contribution in [0.2, 0.25) is 5.02 Å². The molecule has 1 fully saturated rings. The molecule has 0 unspecified atom stereocenters. The van der Waals surface area contributed by atoms with Crippen LogP contribution in [0.5, 0.6) is 0 Å². The van der Waals surface area contributed by atoms with E-state index in [4.69, 9.17) is 16.7 Å². The van der Waals surface area contributed by atoms with Crippen molar-refractivity contribution in [2.75, 3.05) is 17.8 Å². The highest BCUT2D eigenvalue weighted by Crippen LogP contribution is 2.29. The summed E-state index contributed by atoms with van der Waals surface area (Å²) in [5.41, 5.74) is 5.90. The second-order valence-electron chi connectivity index (χ2n) is 8.92. The van der Waals surface area contributed by atoms with Crippen LogP contribution in [0, 0.1) is 26.7 Å². The lowest BCUT2D eigenvalue weighted by Gasteiger charge is -2.36. The Bertz CT molecular complexity index is 1370. The van der Waals surface area contributed by atoms with Crippen LogP contribution < -0.4 is 4.72 Å². The molecule has 178 valence electrons. The van der Waals surface area contributed by atoms with Gasteiger partial charge in [-0.2, -0.15) is 0 Å². The number of aliphatic carboxylic acids is 1. The molecule has 1 heterocycles. The number of hydrogen-bond acceptors (Lipinski definition) is 4. The minimum atomic E-state index is -3.77. The fourth-order valence-corrected chi connectivity index (χ4v) is 5.75. The van der Waals surface area contributed by atoms with Crippen molar-refractivity contribution in [3.8, 4) is 11.1 Å². The van der Waals surface area contributed by atoms with Gasteiger partial charge in [-0.3, -0.25) is 14.4 Å². The summed E-state index contributed by atoms with van der Waals surface area (Å²) in [6.45, 7) is 7.40. The van der Waals surface area contributed by atoms with Crippen LogP contribution in [0.25, 0.3) is 11.1 Å². The van der Waals surface area contributed by atoms with Crippen LogP contribution in [-0.4, -0.2) is 37.5 Å². The Kier molecular flexibility index (Phi) is 6.71. The zero-order valence-corrected chi connectivity index (χ0v) is 20.9. The number of aryl methyl sites for hydroxylation is 3. The van der Waals surface area contributed by atoms with Gasteiger partial charge in [0.05, 0.1) is 10.8 Å². The lowest BCUT2D eigenvalue weighted by atomic mass is 9.96. The molecular weight excluding hydrogens is 472 g/mol. The zero-order chi connectivity index (χ0) is 24.6. The molecule has 1 aliphatic rings. The van der Waals surface area contributed by atoms with Crippen LogP contribution in [0.1, 0.15) is 22.3 Å². The lowest BCUT2D eigenvalue weighted by Crippen LogP contribution is -2.49. The van der Waals surface area contributed by atoms with Crippen LogP contribution in [0.4, 0.5) is 5.69 Å². The molecule has 1 saturated heterocycles. The first-order valence-corrected chi connectivity index (χ1v) is 12.8. The average Bonchev–Trinajstić information content (AvgIpc) is 2.73. The first-order chi connectivity index (χ1) is 16.0. The standard InChI is InChI=1S/C26H27ClN2O4S/c1-16-9-20(7-8-21(16)13-29-14-22(15-29)26(30)31)19-5-4-6-23(12-19)28-34(32,33)25-11-17(2)24(27)10-18(25)3/h4-12,22,28H,13-15H2,1-3H3,(H,30,31). The Morgan fingerprint density at radius 1 is 1.00 bits per heavy atom. The van der Waals surface area contributed by atoms with E-state index in [1.165, 1.54) is 0 Å². The van der Waals surface area contributed by atoms with E-state index in [1.807, 2.05) is 31.2 Å². The molecule has 34 heavy (non-hydrogen) atoms. The van der Waals surface area contributed by atoms with E-state index in [1.54, 1.807) is 32.0 Å². The quantitative estimate of drug-likeness (QED) is 0.464.